The number of anilines is 1. The lowest BCUT2D eigenvalue weighted by Gasteiger charge is -2.22. The molecular formula is C18H26ClN5O. The number of halogens is 1. The van der Waals surface area contributed by atoms with Crippen LogP contribution in [0.3, 0.4) is 0 Å². The van der Waals surface area contributed by atoms with E-state index in [1.54, 1.807) is 6.07 Å². The first-order valence-electron chi connectivity index (χ1n) is 8.66. The molecule has 1 aromatic heterocycles. The van der Waals surface area contributed by atoms with Crippen LogP contribution in [0.15, 0.2) is 42.6 Å². The average Bonchev–Trinajstić information content (AvgIpc) is 3.13. The molecular weight excluding hydrogens is 338 g/mol. The fraction of sp³-hybridized carbons (Fsp3) is 0.444. The number of hydrogen-bond donors (Lipinski definition) is 3. The summed E-state index contributed by atoms with van der Waals surface area (Å²) in [5.41, 5.74) is 1.60. The van der Waals surface area contributed by atoms with Gasteiger partial charge in [-0.3, -0.25) is 9.48 Å². The first kappa shape index (κ1) is 19.3. The minimum absolute atomic E-state index is 0. The number of amides is 1. The van der Waals surface area contributed by atoms with Crippen molar-refractivity contribution < 1.29 is 4.79 Å². The minimum atomic E-state index is -0.0998. The first-order valence-corrected chi connectivity index (χ1v) is 8.66. The van der Waals surface area contributed by atoms with Crippen LogP contribution in [0, 0.1) is 0 Å². The number of nitrogens with one attached hydrogen (secondary N) is 3. The Bertz CT molecular complexity index is 640. The van der Waals surface area contributed by atoms with Crippen molar-refractivity contribution in [1.29, 1.82) is 0 Å². The van der Waals surface area contributed by atoms with Crippen LogP contribution in [0.4, 0.5) is 5.69 Å². The summed E-state index contributed by atoms with van der Waals surface area (Å²) in [5.74, 6) is -0.0998. The molecule has 1 aromatic carbocycles. The van der Waals surface area contributed by atoms with Gasteiger partial charge in [-0.15, -0.1) is 12.4 Å². The van der Waals surface area contributed by atoms with E-state index in [-0.39, 0.29) is 18.3 Å². The number of carbonyl (C=O) groups excluding carboxylic acids is 1. The zero-order chi connectivity index (χ0) is 16.6. The average molecular weight is 364 g/mol. The number of rotatable bonds is 7. The lowest BCUT2D eigenvalue weighted by atomic mass is 10.1. The Morgan fingerprint density at radius 2 is 2.08 bits per heavy atom. The third-order valence-corrected chi connectivity index (χ3v) is 4.23. The summed E-state index contributed by atoms with van der Waals surface area (Å²) in [5, 5.41) is 14.1. The molecule has 0 aliphatic carbocycles. The first-order chi connectivity index (χ1) is 11.8. The SMILES string of the molecule is Cl.O=C(NCCCNc1ccccc1)c1ccn(C2CCCNC2)n1. The van der Waals surface area contributed by atoms with Crippen LogP contribution in [0.5, 0.6) is 0 Å². The second-order valence-corrected chi connectivity index (χ2v) is 6.08. The molecule has 0 bridgehead atoms. The third kappa shape index (κ3) is 5.76. The Hall–Kier alpha value is -2.05. The van der Waals surface area contributed by atoms with E-state index in [1.165, 1.54) is 0 Å². The van der Waals surface area contributed by atoms with Crippen molar-refractivity contribution in [1.82, 2.24) is 20.4 Å². The second kappa shape index (κ2) is 10.1. The van der Waals surface area contributed by atoms with Crippen molar-refractivity contribution >= 4 is 24.0 Å². The molecule has 1 aliphatic rings. The molecule has 25 heavy (non-hydrogen) atoms. The largest absolute Gasteiger partial charge is 0.385 e. The van der Waals surface area contributed by atoms with Crippen LogP contribution in [0.1, 0.15) is 35.8 Å². The van der Waals surface area contributed by atoms with Crippen molar-refractivity contribution in [2.75, 3.05) is 31.5 Å². The molecule has 1 saturated heterocycles. The molecule has 0 spiro atoms. The molecule has 2 aromatic rings. The molecule has 3 N–H and O–H groups in total. The Morgan fingerprint density at radius 1 is 1.24 bits per heavy atom. The van der Waals surface area contributed by atoms with E-state index in [1.807, 2.05) is 41.2 Å². The van der Waals surface area contributed by atoms with Crippen molar-refractivity contribution in [2.24, 2.45) is 0 Å². The number of para-hydroxylation sites is 1. The van der Waals surface area contributed by atoms with Gasteiger partial charge in [0, 0.05) is 31.5 Å². The lowest BCUT2D eigenvalue weighted by molar-refractivity contribution is 0.0947. The smallest absolute Gasteiger partial charge is 0.271 e. The highest BCUT2D eigenvalue weighted by atomic mass is 35.5. The van der Waals surface area contributed by atoms with E-state index < -0.39 is 0 Å². The Balaban J connectivity index is 0.00000225. The number of carbonyl (C=O) groups is 1. The van der Waals surface area contributed by atoms with Crippen molar-refractivity contribution in [3.05, 3.63) is 48.3 Å². The summed E-state index contributed by atoms with van der Waals surface area (Å²) in [4.78, 5) is 12.2. The summed E-state index contributed by atoms with van der Waals surface area (Å²) in [6, 6.07) is 12.2. The van der Waals surface area contributed by atoms with E-state index in [0.29, 0.717) is 18.3 Å². The molecule has 0 radical (unpaired) electrons. The number of aromatic nitrogens is 2. The summed E-state index contributed by atoms with van der Waals surface area (Å²) in [6.45, 7) is 3.46. The van der Waals surface area contributed by atoms with Crippen LogP contribution in [-0.2, 0) is 0 Å². The molecule has 1 aliphatic heterocycles. The summed E-state index contributed by atoms with van der Waals surface area (Å²) >= 11 is 0. The molecule has 1 amide bonds. The van der Waals surface area contributed by atoms with Gasteiger partial charge in [-0.25, -0.2) is 0 Å². The van der Waals surface area contributed by atoms with E-state index in [2.05, 4.69) is 21.0 Å². The Kier molecular flexibility index (Phi) is 7.76. The maximum Gasteiger partial charge on any atom is 0.271 e. The predicted molar refractivity (Wildman–Crippen MR) is 102 cm³/mol. The molecule has 0 saturated carbocycles. The maximum absolute atomic E-state index is 12.2. The molecule has 6 nitrogen and oxygen atoms in total. The normalized spacial score (nSPS) is 16.7. The van der Waals surface area contributed by atoms with Gasteiger partial charge < -0.3 is 16.0 Å². The minimum Gasteiger partial charge on any atom is -0.385 e. The molecule has 7 heteroatoms. The number of hydrogen-bond acceptors (Lipinski definition) is 4. The topological polar surface area (TPSA) is 71.0 Å². The zero-order valence-corrected chi connectivity index (χ0v) is 15.1. The lowest BCUT2D eigenvalue weighted by Crippen LogP contribution is -2.32. The van der Waals surface area contributed by atoms with Crippen molar-refractivity contribution in [3.63, 3.8) is 0 Å². The predicted octanol–water partition coefficient (Wildman–Crippen LogP) is 2.46. The van der Waals surface area contributed by atoms with Gasteiger partial charge in [-0.1, -0.05) is 18.2 Å². The van der Waals surface area contributed by atoms with E-state index in [4.69, 9.17) is 0 Å². The summed E-state index contributed by atoms with van der Waals surface area (Å²) in [7, 11) is 0. The van der Waals surface area contributed by atoms with Gasteiger partial charge in [-0.05, 0) is 44.0 Å². The Morgan fingerprint density at radius 3 is 2.84 bits per heavy atom. The standard InChI is InChI=1S/C18H25N5O.ClH/c24-18(21-12-5-11-20-15-6-2-1-3-7-15)17-9-13-23(22-17)16-8-4-10-19-14-16;/h1-3,6-7,9,13,16,19-20H,4-5,8,10-12,14H2,(H,21,24);1H. The number of benzene rings is 1. The molecule has 3 rings (SSSR count). The summed E-state index contributed by atoms with van der Waals surface area (Å²) < 4.78 is 1.91. The van der Waals surface area contributed by atoms with Gasteiger partial charge in [0.25, 0.3) is 5.91 Å². The highest BCUT2D eigenvalue weighted by Gasteiger charge is 2.17. The van der Waals surface area contributed by atoms with Gasteiger partial charge in [0.05, 0.1) is 6.04 Å². The van der Waals surface area contributed by atoms with Gasteiger partial charge in [0.1, 0.15) is 5.69 Å². The fourth-order valence-corrected chi connectivity index (χ4v) is 2.89. The van der Waals surface area contributed by atoms with Crippen LogP contribution < -0.4 is 16.0 Å². The van der Waals surface area contributed by atoms with Crippen molar-refractivity contribution in [3.8, 4) is 0 Å². The molecule has 1 fully saturated rings. The molecule has 1 unspecified atom stereocenters. The van der Waals surface area contributed by atoms with Crippen LogP contribution in [0.25, 0.3) is 0 Å². The van der Waals surface area contributed by atoms with Gasteiger partial charge >= 0.3 is 0 Å². The second-order valence-electron chi connectivity index (χ2n) is 6.08. The monoisotopic (exact) mass is 363 g/mol. The van der Waals surface area contributed by atoms with Crippen LogP contribution in [-0.4, -0.2) is 41.9 Å². The van der Waals surface area contributed by atoms with Crippen molar-refractivity contribution in [2.45, 2.75) is 25.3 Å². The zero-order valence-electron chi connectivity index (χ0n) is 14.3. The number of nitrogens with zero attached hydrogens (tertiary/aromatic N) is 2. The van der Waals surface area contributed by atoms with Gasteiger partial charge in [0.2, 0.25) is 0 Å². The Labute approximate surface area is 154 Å². The van der Waals surface area contributed by atoms with E-state index >= 15 is 0 Å². The third-order valence-electron chi connectivity index (χ3n) is 4.23. The highest BCUT2D eigenvalue weighted by molar-refractivity contribution is 5.92. The summed E-state index contributed by atoms with van der Waals surface area (Å²) in [6.07, 6.45) is 5.04. The maximum atomic E-state index is 12.2. The van der Waals surface area contributed by atoms with Crippen LogP contribution >= 0.6 is 12.4 Å². The quantitative estimate of drug-likeness (QED) is 0.661. The van der Waals surface area contributed by atoms with Crippen LogP contribution in [0.2, 0.25) is 0 Å². The van der Waals surface area contributed by atoms with Gasteiger partial charge in [0.15, 0.2) is 0 Å². The van der Waals surface area contributed by atoms with Gasteiger partial charge in [-0.2, -0.15) is 5.10 Å². The number of piperidine rings is 1. The molecule has 136 valence electrons. The van der Waals surface area contributed by atoms with E-state index in [9.17, 15) is 4.79 Å². The fourth-order valence-electron chi connectivity index (χ4n) is 2.89. The highest BCUT2D eigenvalue weighted by Crippen LogP contribution is 2.15. The van der Waals surface area contributed by atoms with E-state index in [0.717, 1.165) is 44.6 Å². The molecule has 2 heterocycles. The molecule has 1 atom stereocenters.